The summed E-state index contributed by atoms with van der Waals surface area (Å²) < 4.78 is 5.05. The largest absolute Gasteiger partial charge is 0.481 e. The Morgan fingerprint density at radius 1 is 1.09 bits per heavy atom. The minimum atomic E-state index is -0.803. The number of nitrogens with zero attached hydrogens (tertiary/aromatic N) is 4. The number of hydrogen-bond acceptors (Lipinski definition) is 8. The summed E-state index contributed by atoms with van der Waals surface area (Å²) in [5.74, 6) is -1.00. The second-order valence-corrected chi connectivity index (χ2v) is 8.31. The van der Waals surface area contributed by atoms with Gasteiger partial charge in [-0.1, -0.05) is 5.16 Å². The average Bonchev–Trinajstić information content (AvgIpc) is 2.79. The summed E-state index contributed by atoms with van der Waals surface area (Å²) in [6.07, 6.45) is 0.936. The molecule has 2 atom stereocenters. The predicted octanol–water partition coefficient (Wildman–Crippen LogP) is 1.90. The Kier molecular flexibility index (Phi) is 15.0. The first-order valence-electron chi connectivity index (χ1n) is 11.1. The van der Waals surface area contributed by atoms with E-state index < -0.39 is 5.97 Å². The fraction of sp³-hybridized carbons (Fsp3) is 0.591. The number of carboxylic acids is 1. The van der Waals surface area contributed by atoms with Gasteiger partial charge in [-0.05, 0) is 43.5 Å². The lowest BCUT2D eigenvalue weighted by molar-refractivity contribution is -0.145. The van der Waals surface area contributed by atoms with Crippen LogP contribution in [0.15, 0.2) is 29.4 Å². The molecule has 0 bridgehead atoms. The molecule has 2 aliphatic heterocycles. The highest BCUT2D eigenvalue weighted by Crippen LogP contribution is 2.27. The Hall–Kier alpha value is -1.98. The third-order valence-corrected chi connectivity index (χ3v) is 6.29. The van der Waals surface area contributed by atoms with Crippen molar-refractivity contribution in [1.82, 2.24) is 9.80 Å². The minimum Gasteiger partial charge on any atom is -0.481 e. The fourth-order valence-corrected chi connectivity index (χ4v) is 4.75. The van der Waals surface area contributed by atoms with Crippen LogP contribution in [-0.4, -0.2) is 96.3 Å². The van der Waals surface area contributed by atoms with Gasteiger partial charge in [0.25, 0.3) is 0 Å². The molecule has 0 amide bonds. The summed E-state index contributed by atoms with van der Waals surface area (Å²) in [4.78, 5) is 30.0. The molecule has 2 aliphatic rings. The molecule has 2 fully saturated rings. The molecule has 0 unspecified atom stereocenters. The van der Waals surface area contributed by atoms with E-state index in [1.807, 2.05) is 29.2 Å². The van der Waals surface area contributed by atoms with Crippen LogP contribution < -0.4 is 10.6 Å². The molecular formula is C22H36Cl3N5O5. The number of benzene rings is 1. The van der Waals surface area contributed by atoms with Crippen LogP contribution in [0.1, 0.15) is 25.3 Å². The molecular weight excluding hydrogens is 521 g/mol. The number of halogens is 3. The highest BCUT2D eigenvalue weighted by atomic mass is 35.5. The average molecular weight is 557 g/mol. The molecule has 2 saturated heterocycles. The number of piperidine rings is 1. The molecule has 10 nitrogen and oxygen atoms in total. The normalized spacial score (nSPS) is 21.2. The number of carbonyl (C=O) groups excluding carboxylic acids is 1. The topological polar surface area (TPSA) is 132 Å². The molecule has 2 heterocycles. The molecule has 1 aromatic carbocycles. The number of carbonyl (C=O) groups is 2. The van der Waals surface area contributed by atoms with Crippen LogP contribution >= 0.6 is 37.2 Å². The third-order valence-electron chi connectivity index (χ3n) is 6.29. The van der Waals surface area contributed by atoms with Crippen LogP contribution in [0, 0.1) is 5.92 Å². The van der Waals surface area contributed by atoms with E-state index in [1.165, 1.54) is 0 Å². The van der Waals surface area contributed by atoms with Gasteiger partial charge < -0.3 is 25.7 Å². The van der Waals surface area contributed by atoms with Gasteiger partial charge in [0, 0.05) is 56.6 Å². The van der Waals surface area contributed by atoms with Crippen molar-refractivity contribution in [2.75, 3.05) is 57.3 Å². The van der Waals surface area contributed by atoms with Crippen LogP contribution in [0.25, 0.3) is 0 Å². The van der Waals surface area contributed by atoms with Crippen LogP contribution in [0.3, 0.4) is 0 Å². The first-order chi connectivity index (χ1) is 15.4. The van der Waals surface area contributed by atoms with E-state index >= 15 is 0 Å². The van der Waals surface area contributed by atoms with Gasteiger partial charge >= 0.3 is 11.9 Å². The Bertz CT molecular complexity index is 822. The van der Waals surface area contributed by atoms with Crippen LogP contribution in [0.4, 0.5) is 5.69 Å². The number of aliphatic carboxylic acids is 1. The maximum Gasteiger partial charge on any atom is 0.320 e. The number of hydrogen-bond donors (Lipinski definition) is 3. The van der Waals surface area contributed by atoms with Gasteiger partial charge in [0.05, 0.1) is 19.6 Å². The summed E-state index contributed by atoms with van der Waals surface area (Å²) in [7, 11) is 0. The van der Waals surface area contributed by atoms with Crippen LogP contribution in [0.2, 0.25) is 0 Å². The first-order valence-corrected chi connectivity index (χ1v) is 11.1. The Labute approximate surface area is 224 Å². The van der Waals surface area contributed by atoms with E-state index in [0.29, 0.717) is 18.7 Å². The Morgan fingerprint density at radius 3 is 2.26 bits per heavy atom. The van der Waals surface area contributed by atoms with Crippen molar-refractivity contribution in [2.45, 2.75) is 25.8 Å². The smallest absolute Gasteiger partial charge is 0.320 e. The molecule has 4 N–H and O–H groups in total. The lowest BCUT2D eigenvalue weighted by atomic mass is 9.87. The number of amidine groups is 1. The number of esters is 1. The zero-order chi connectivity index (χ0) is 23.1. The summed E-state index contributed by atoms with van der Waals surface area (Å²) in [6.45, 7) is 7.07. The summed E-state index contributed by atoms with van der Waals surface area (Å²) in [6, 6.07) is 7.78. The van der Waals surface area contributed by atoms with Gasteiger partial charge in [0.1, 0.15) is 0 Å². The molecule has 0 aliphatic carbocycles. The molecule has 0 saturated carbocycles. The number of carboxylic acid groups (broad SMARTS) is 1. The van der Waals surface area contributed by atoms with Gasteiger partial charge in [-0.15, -0.1) is 37.2 Å². The number of ether oxygens (including phenoxy) is 1. The number of likely N-dealkylation sites (tertiary alicyclic amines) is 1. The van der Waals surface area contributed by atoms with Crippen LogP contribution in [-0.2, 0) is 14.3 Å². The molecule has 3 rings (SSSR count). The summed E-state index contributed by atoms with van der Waals surface area (Å²) in [5, 5.41) is 21.3. The molecule has 0 spiro atoms. The van der Waals surface area contributed by atoms with E-state index in [0.717, 1.165) is 44.8 Å². The van der Waals surface area contributed by atoms with Crippen molar-refractivity contribution < 1.29 is 24.6 Å². The fourth-order valence-electron chi connectivity index (χ4n) is 4.75. The lowest BCUT2D eigenvalue weighted by Crippen LogP contribution is -2.57. The zero-order valence-corrected chi connectivity index (χ0v) is 22.2. The van der Waals surface area contributed by atoms with Crippen molar-refractivity contribution in [3.63, 3.8) is 0 Å². The van der Waals surface area contributed by atoms with E-state index in [-0.39, 0.29) is 74.0 Å². The number of oxime groups is 1. The first kappa shape index (κ1) is 33.0. The summed E-state index contributed by atoms with van der Waals surface area (Å²) >= 11 is 0. The van der Waals surface area contributed by atoms with Crippen LogP contribution in [0.5, 0.6) is 0 Å². The molecule has 35 heavy (non-hydrogen) atoms. The van der Waals surface area contributed by atoms with Gasteiger partial charge in [0.15, 0.2) is 5.84 Å². The van der Waals surface area contributed by atoms with Gasteiger partial charge in [0.2, 0.25) is 0 Å². The highest BCUT2D eigenvalue weighted by molar-refractivity contribution is 5.97. The maximum atomic E-state index is 11.8. The van der Waals surface area contributed by atoms with Gasteiger partial charge in [-0.25, -0.2) is 0 Å². The lowest BCUT2D eigenvalue weighted by Gasteiger charge is -2.46. The number of piperazine rings is 1. The van der Waals surface area contributed by atoms with Crippen molar-refractivity contribution >= 4 is 60.7 Å². The second kappa shape index (κ2) is 15.9. The van der Waals surface area contributed by atoms with E-state index in [1.54, 1.807) is 6.92 Å². The zero-order valence-electron chi connectivity index (χ0n) is 19.7. The molecule has 0 radical (unpaired) electrons. The van der Waals surface area contributed by atoms with Crippen molar-refractivity contribution in [2.24, 2.45) is 16.8 Å². The molecule has 13 heteroatoms. The van der Waals surface area contributed by atoms with Crippen molar-refractivity contribution in [1.29, 1.82) is 0 Å². The molecule has 0 aromatic heterocycles. The molecule has 200 valence electrons. The molecule has 1 aromatic rings. The maximum absolute atomic E-state index is 11.8. The number of nitrogens with two attached hydrogens (primary N) is 1. The number of rotatable bonds is 8. The monoisotopic (exact) mass is 555 g/mol. The SMILES string of the molecule is CCOC(=O)CN1CC[C@H](N2CCN(c3ccc(C(N)=NO)cc3)CC2)[C@H](CC(=O)O)C1.Cl.Cl.Cl. The third kappa shape index (κ3) is 9.20. The van der Waals surface area contributed by atoms with E-state index in [9.17, 15) is 14.7 Å². The minimum absolute atomic E-state index is 0. The van der Waals surface area contributed by atoms with Gasteiger partial charge in [-0.2, -0.15) is 0 Å². The van der Waals surface area contributed by atoms with E-state index in [2.05, 4.69) is 15.0 Å². The van der Waals surface area contributed by atoms with Crippen molar-refractivity contribution in [3.8, 4) is 0 Å². The van der Waals surface area contributed by atoms with Gasteiger partial charge in [-0.3, -0.25) is 19.4 Å². The predicted molar refractivity (Wildman–Crippen MR) is 142 cm³/mol. The number of anilines is 1. The highest BCUT2D eigenvalue weighted by Gasteiger charge is 2.36. The standard InChI is InChI=1S/C22H33N5O5.3ClH/c1-2-32-21(30)15-25-8-7-19(17(14-25)13-20(28)29)27-11-9-26(10-12-27)18-5-3-16(4-6-18)22(23)24-31;;;/h3-6,17,19,31H,2,7-15H2,1H3,(H2,23,24)(H,28,29);3*1H/t17-,19+;;;/m1.../s1. The quantitative estimate of drug-likeness (QED) is 0.144. The Morgan fingerprint density at radius 2 is 1.71 bits per heavy atom. The van der Waals surface area contributed by atoms with E-state index in [4.69, 9.17) is 15.7 Å². The van der Waals surface area contributed by atoms with Crippen molar-refractivity contribution in [3.05, 3.63) is 29.8 Å². The summed E-state index contributed by atoms with van der Waals surface area (Å²) in [5.41, 5.74) is 7.37. The Balaban J connectivity index is 0.00000385. The second-order valence-electron chi connectivity index (χ2n) is 8.31.